The van der Waals surface area contributed by atoms with Gasteiger partial charge in [0.15, 0.2) is 0 Å². The molecule has 0 aliphatic heterocycles. The van der Waals surface area contributed by atoms with Gasteiger partial charge in [0.1, 0.15) is 5.82 Å². The molecule has 0 atom stereocenters. The molecule has 0 spiro atoms. The van der Waals surface area contributed by atoms with Crippen molar-refractivity contribution in [2.24, 2.45) is 0 Å². The van der Waals surface area contributed by atoms with Crippen molar-refractivity contribution in [3.8, 4) is 0 Å². The lowest BCUT2D eigenvalue weighted by Crippen LogP contribution is -2.28. The van der Waals surface area contributed by atoms with E-state index in [9.17, 15) is 12.8 Å². The molecule has 0 unspecified atom stereocenters. The molecule has 1 aromatic carbocycles. The molecule has 3 nitrogen and oxygen atoms in total. The molecule has 0 aromatic heterocycles. The number of hydrogen-bond donors (Lipinski definition) is 0. The van der Waals surface area contributed by atoms with E-state index in [0.29, 0.717) is 6.54 Å². The number of sulfonamides is 1. The minimum absolute atomic E-state index is 0.0430. The van der Waals surface area contributed by atoms with Crippen LogP contribution in [-0.4, -0.2) is 26.3 Å². The second-order valence-electron chi connectivity index (χ2n) is 4.55. The van der Waals surface area contributed by atoms with Crippen molar-refractivity contribution in [3.63, 3.8) is 0 Å². The van der Waals surface area contributed by atoms with Crippen molar-refractivity contribution in [3.05, 3.63) is 28.5 Å². The molecule has 0 saturated carbocycles. The highest BCUT2D eigenvalue weighted by atomic mass is 35.5. The Balaban J connectivity index is 3.06. The van der Waals surface area contributed by atoms with Crippen molar-refractivity contribution in [2.75, 3.05) is 13.6 Å². The van der Waals surface area contributed by atoms with Crippen LogP contribution in [0.4, 0.5) is 4.39 Å². The standard InChI is InChI=1S/C13H18Cl2FNO2S/c1-3-4-5-6-17(2)20(18,19)11-7-10(9-14)13(15)12(16)8-11/h7-8H,3-6,9H2,1-2H3. The summed E-state index contributed by atoms with van der Waals surface area (Å²) in [6.07, 6.45) is 2.71. The van der Waals surface area contributed by atoms with Crippen LogP contribution in [0, 0.1) is 5.82 Å². The highest BCUT2D eigenvalue weighted by Crippen LogP contribution is 2.27. The second-order valence-corrected chi connectivity index (χ2v) is 7.24. The van der Waals surface area contributed by atoms with E-state index in [2.05, 4.69) is 0 Å². The number of unbranched alkanes of at least 4 members (excludes halogenated alkanes) is 2. The third kappa shape index (κ3) is 4.07. The Morgan fingerprint density at radius 1 is 1.30 bits per heavy atom. The van der Waals surface area contributed by atoms with Gasteiger partial charge in [0.25, 0.3) is 0 Å². The average Bonchev–Trinajstić information content (AvgIpc) is 2.41. The Morgan fingerprint density at radius 3 is 2.50 bits per heavy atom. The Morgan fingerprint density at radius 2 is 1.95 bits per heavy atom. The Hall–Kier alpha value is -0.360. The van der Waals surface area contributed by atoms with Crippen molar-refractivity contribution in [1.29, 1.82) is 0 Å². The molecule has 1 rings (SSSR count). The first-order valence-electron chi connectivity index (χ1n) is 6.34. The highest BCUT2D eigenvalue weighted by Gasteiger charge is 2.23. The fourth-order valence-electron chi connectivity index (χ4n) is 1.75. The molecule has 0 aliphatic rings. The summed E-state index contributed by atoms with van der Waals surface area (Å²) in [6, 6.07) is 2.26. The first-order valence-corrected chi connectivity index (χ1v) is 8.70. The van der Waals surface area contributed by atoms with Crippen LogP contribution in [0.25, 0.3) is 0 Å². The van der Waals surface area contributed by atoms with Gasteiger partial charge in [0.05, 0.1) is 9.92 Å². The van der Waals surface area contributed by atoms with Gasteiger partial charge in [-0.2, -0.15) is 0 Å². The van der Waals surface area contributed by atoms with Gasteiger partial charge in [-0.25, -0.2) is 17.1 Å². The van der Waals surface area contributed by atoms with Crippen molar-refractivity contribution < 1.29 is 12.8 Å². The highest BCUT2D eigenvalue weighted by molar-refractivity contribution is 7.89. The van der Waals surface area contributed by atoms with E-state index in [4.69, 9.17) is 23.2 Å². The van der Waals surface area contributed by atoms with Crippen LogP contribution < -0.4 is 0 Å². The maximum atomic E-state index is 13.7. The van der Waals surface area contributed by atoms with Gasteiger partial charge in [-0.3, -0.25) is 0 Å². The predicted molar refractivity (Wildman–Crippen MR) is 80.3 cm³/mol. The van der Waals surface area contributed by atoms with Crippen LogP contribution in [0.2, 0.25) is 5.02 Å². The average molecular weight is 342 g/mol. The van der Waals surface area contributed by atoms with Crippen molar-refractivity contribution >= 4 is 33.2 Å². The van der Waals surface area contributed by atoms with Gasteiger partial charge in [-0.05, 0) is 24.1 Å². The fourth-order valence-corrected chi connectivity index (χ4v) is 3.48. The van der Waals surface area contributed by atoms with E-state index in [-0.39, 0.29) is 21.4 Å². The third-order valence-corrected chi connectivity index (χ3v) is 5.55. The zero-order valence-electron chi connectivity index (χ0n) is 11.5. The number of hydrogen-bond acceptors (Lipinski definition) is 2. The molecule has 0 aliphatic carbocycles. The van der Waals surface area contributed by atoms with Crippen LogP contribution in [-0.2, 0) is 15.9 Å². The molecule has 0 N–H and O–H groups in total. The molecule has 0 bridgehead atoms. The summed E-state index contributed by atoms with van der Waals surface area (Å²) in [5.74, 6) is -0.816. The summed E-state index contributed by atoms with van der Waals surface area (Å²) in [5, 5.41) is -0.132. The lowest BCUT2D eigenvalue weighted by Gasteiger charge is -2.18. The maximum absolute atomic E-state index is 13.7. The number of nitrogens with zero attached hydrogens (tertiary/aromatic N) is 1. The zero-order valence-corrected chi connectivity index (χ0v) is 13.8. The molecule has 0 fully saturated rings. The fraction of sp³-hybridized carbons (Fsp3) is 0.538. The van der Waals surface area contributed by atoms with Crippen LogP contribution in [0.1, 0.15) is 31.7 Å². The molecule has 20 heavy (non-hydrogen) atoms. The monoisotopic (exact) mass is 341 g/mol. The summed E-state index contributed by atoms with van der Waals surface area (Å²) < 4.78 is 39.5. The Labute approximate surface area is 129 Å². The summed E-state index contributed by atoms with van der Waals surface area (Å²) in [5.41, 5.74) is 0.272. The maximum Gasteiger partial charge on any atom is 0.242 e. The van der Waals surface area contributed by atoms with E-state index in [1.165, 1.54) is 17.4 Å². The predicted octanol–water partition coefficient (Wildman–Crippen LogP) is 4.03. The first kappa shape index (κ1) is 17.7. The molecular weight excluding hydrogens is 324 g/mol. The Bertz CT molecular complexity index is 564. The topological polar surface area (TPSA) is 37.4 Å². The number of halogens is 3. The number of benzene rings is 1. The molecule has 0 saturated heterocycles. The van der Waals surface area contributed by atoms with Gasteiger partial charge in [0.2, 0.25) is 10.0 Å². The lowest BCUT2D eigenvalue weighted by atomic mass is 10.2. The van der Waals surface area contributed by atoms with Gasteiger partial charge >= 0.3 is 0 Å². The lowest BCUT2D eigenvalue weighted by molar-refractivity contribution is 0.453. The molecular formula is C13H18Cl2FNO2S. The van der Waals surface area contributed by atoms with E-state index in [1.54, 1.807) is 0 Å². The van der Waals surface area contributed by atoms with Gasteiger partial charge in [0, 0.05) is 19.5 Å². The summed E-state index contributed by atoms with van der Waals surface area (Å²) in [7, 11) is -2.23. The zero-order chi connectivity index (χ0) is 15.3. The van der Waals surface area contributed by atoms with Crippen molar-refractivity contribution in [1.82, 2.24) is 4.31 Å². The third-order valence-electron chi connectivity index (χ3n) is 3.01. The molecule has 7 heteroatoms. The minimum atomic E-state index is -3.72. The first-order chi connectivity index (χ1) is 9.34. The smallest absolute Gasteiger partial charge is 0.207 e. The van der Waals surface area contributed by atoms with Crippen LogP contribution in [0.5, 0.6) is 0 Å². The quantitative estimate of drug-likeness (QED) is 0.554. The molecule has 0 amide bonds. The largest absolute Gasteiger partial charge is 0.242 e. The number of rotatable bonds is 7. The normalized spacial score (nSPS) is 12.1. The summed E-state index contributed by atoms with van der Waals surface area (Å²) in [6.45, 7) is 2.44. The van der Waals surface area contributed by atoms with Crippen LogP contribution in [0.15, 0.2) is 17.0 Å². The minimum Gasteiger partial charge on any atom is -0.207 e. The van der Waals surface area contributed by atoms with Gasteiger partial charge in [-0.15, -0.1) is 11.6 Å². The van der Waals surface area contributed by atoms with E-state index >= 15 is 0 Å². The number of alkyl halides is 1. The molecule has 114 valence electrons. The van der Waals surface area contributed by atoms with Crippen LogP contribution in [0.3, 0.4) is 0 Å². The molecule has 0 heterocycles. The van der Waals surface area contributed by atoms with Crippen molar-refractivity contribution in [2.45, 2.75) is 37.0 Å². The molecule has 0 radical (unpaired) electrons. The summed E-state index contributed by atoms with van der Waals surface area (Å²) >= 11 is 11.4. The van der Waals surface area contributed by atoms with E-state index in [1.807, 2.05) is 6.92 Å². The van der Waals surface area contributed by atoms with E-state index in [0.717, 1.165) is 25.3 Å². The SMILES string of the molecule is CCCCCN(C)S(=O)(=O)c1cc(F)c(Cl)c(CCl)c1. The summed E-state index contributed by atoms with van der Waals surface area (Å²) in [4.78, 5) is -0.117. The molecule has 1 aromatic rings. The van der Waals surface area contributed by atoms with Gasteiger partial charge < -0.3 is 0 Å². The van der Waals surface area contributed by atoms with Gasteiger partial charge in [-0.1, -0.05) is 31.4 Å². The van der Waals surface area contributed by atoms with E-state index < -0.39 is 15.8 Å². The van der Waals surface area contributed by atoms with Crippen LogP contribution >= 0.6 is 23.2 Å². The second kappa shape index (κ2) is 7.59. The Kier molecular flexibility index (Phi) is 6.72.